The number of nitrogens with zero attached hydrogens (tertiary/aromatic N) is 2. The highest BCUT2D eigenvalue weighted by molar-refractivity contribution is 7.99. The largest absolute Gasteiger partial charge is 0.465 e. The molecular weight excluding hydrogens is 643 g/mol. The van der Waals surface area contributed by atoms with E-state index < -0.39 is 37.5 Å². The first-order valence-corrected chi connectivity index (χ1v) is 17.9. The van der Waals surface area contributed by atoms with E-state index in [1.54, 1.807) is 36.0 Å². The molecule has 3 aromatic carbocycles. The Hall–Kier alpha value is -4.30. The number of carboxylic acid groups (broad SMARTS) is 1. The van der Waals surface area contributed by atoms with Gasteiger partial charge in [-0.25, -0.2) is 17.9 Å². The smallest absolute Gasteiger partial charge is 0.404 e. The summed E-state index contributed by atoms with van der Waals surface area (Å²) in [6.45, 7) is 6.57. The number of amides is 2. The van der Waals surface area contributed by atoms with Crippen molar-refractivity contribution in [1.29, 1.82) is 0 Å². The maximum atomic E-state index is 13.2. The van der Waals surface area contributed by atoms with E-state index in [9.17, 15) is 28.1 Å². The molecule has 0 aromatic heterocycles. The Morgan fingerprint density at radius 2 is 1.70 bits per heavy atom. The van der Waals surface area contributed by atoms with Crippen LogP contribution in [0.25, 0.3) is 0 Å². The van der Waals surface area contributed by atoms with E-state index in [-0.39, 0.29) is 23.8 Å². The number of unbranched alkanes of at least 4 members (excludes halogenated alkanes) is 1. The SMILES string of the molecule is CC1(C)CCN(c2ccc(C(=O)NS(=O)(=O)c3ccc(N[C@H](CCCCNC(=O)O)CSc4ccccc4)c([N+](=O)[O-])c3)cc2)CC1. The monoisotopic (exact) mass is 683 g/mol. The molecule has 0 spiro atoms. The number of sulfonamides is 1. The maximum absolute atomic E-state index is 13.2. The second-order valence-corrected chi connectivity index (χ2v) is 15.0. The van der Waals surface area contributed by atoms with E-state index in [2.05, 4.69) is 29.4 Å². The molecule has 0 aliphatic carbocycles. The average Bonchev–Trinajstić information content (AvgIpc) is 3.03. The lowest BCUT2D eigenvalue weighted by Gasteiger charge is -2.38. The zero-order valence-electron chi connectivity index (χ0n) is 26.5. The van der Waals surface area contributed by atoms with Crippen molar-refractivity contribution < 1.29 is 28.0 Å². The van der Waals surface area contributed by atoms with Gasteiger partial charge in [0.15, 0.2) is 0 Å². The van der Waals surface area contributed by atoms with Gasteiger partial charge in [0, 0.05) is 53.6 Å². The number of carbonyl (C=O) groups is 2. The molecule has 0 saturated carbocycles. The number of piperidine rings is 1. The van der Waals surface area contributed by atoms with Crippen LogP contribution >= 0.6 is 11.8 Å². The molecule has 47 heavy (non-hydrogen) atoms. The van der Waals surface area contributed by atoms with Crippen molar-refractivity contribution >= 4 is 50.8 Å². The van der Waals surface area contributed by atoms with Crippen molar-refractivity contribution in [2.75, 3.05) is 35.6 Å². The van der Waals surface area contributed by atoms with Gasteiger partial charge in [-0.15, -0.1) is 11.8 Å². The summed E-state index contributed by atoms with van der Waals surface area (Å²) in [5, 5.41) is 26.4. The molecule has 2 amide bonds. The summed E-state index contributed by atoms with van der Waals surface area (Å²) in [5.74, 6) is -0.283. The van der Waals surface area contributed by atoms with Crippen LogP contribution in [-0.2, 0) is 10.0 Å². The van der Waals surface area contributed by atoms with Gasteiger partial charge in [0.25, 0.3) is 21.6 Å². The number of thioether (sulfide) groups is 1. The number of hydrogen-bond acceptors (Lipinski definition) is 9. The Bertz CT molecular complexity index is 1640. The molecular formula is C33H41N5O7S2. The molecule has 4 rings (SSSR count). The third-order valence-corrected chi connectivity index (χ3v) is 10.6. The zero-order chi connectivity index (χ0) is 34.0. The van der Waals surface area contributed by atoms with Crippen molar-refractivity contribution in [3.8, 4) is 0 Å². The predicted octanol–water partition coefficient (Wildman–Crippen LogP) is 6.35. The van der Waals surface area contributed by atoms with E-state index >= 15 is 0 Å². The van der Waals surface area contributed by atoms with Crippen LogP contribution in [0.2, 0.25) is 0 Å². The molecule has 12 nitrogen and oxygen atoms in total. The quantitative estimate of drug-likeness (QED) is 0.0612. The number of nitro benzene ring substituents is 1. The van der Waals surface area contributed by atoms with Crippen molar-refractivity contribution in [3.05, 3.63) is 88.5 Å². The van der Waals surface area contributed by atoms with Gasteiger partial charge >= 0.3 is 6.09 Å². The van der Waals surface area contributed by atoms with E-state index in [1.165, 1.54) is 12.1 Å². The summed E-state index contributed by atoms with van der Waals surface area (Å²) in [7, 11) is -4.43. The van der Waals surface area contributed by atoms with Crippen LogP contribution in [0.15, 0.2) is 82.6 Å². The number of hydrogen-bond donors (Lipinski definition) is 4. The number of benzene rings is 3. The predicted molar refractivity (Wildman–Crippen MR) is 184 cm³/mol. The first-order chi connectivity index (χ1) is 22.3. The zero-order valence-corrected chi connectivity index (χ0v) is 28.1. The third-order valence-electron chi connectivity index (χ3n) is 8.12. The Morgan fingerprint density at radius 1 is 1.02 bits per heavy atom. The van der Waals surface area contributed by atoms with Crippen LogP contribution in [-0.4, -0.2) is 61.9 Å². The van der Waals surface area contributed by atoms with Gasteiger partial charge in [-0.1, -0.05) is 32.0 Å². The van der Waals surface area contributed by atoms with Crippen LogP contribution < -0.4 is 20.3 Å². The van der Waals surface area contributed by atoms with E-state index in [0.717, 1.165) is 42.6 Å². The van der Waals surface area contributed by atoms with Crippen LogP contribution in [0.1, 0.15) is 56.3 Å². The number of anilines is 2. The molecule has 1 aliphatic heterocycles. The molecule has 14 heteroatoms. The molecule has 1 heterocycles. The minimum absolute atomic E-state index is 0.138. The highest BCUT2D eigenvalue weighted by Crippen LogP contribution is 2.33. The summed E-state index contributed by atoms with van der Waals surface area (Å²) < 4.78 is 28.4. The molecule has 0 unspecified atom stereocenters. The van der Waals surface area contributed by atoms with Gasteiger partial charge in [0.2, 0.25) is 0 Å². The second kappa shape index (κ2) is 16.0. The number of nitro groups is 1. The maximum Gasteiger partial charge on any atom is 0.404 e. The van der Waals surface area contributed by atoms with Crippen molar-refractivity contribution in [2.45, 2.75) is 61.8 Å². The first-order valence-electron chi connectivity index (χ1n) is 15.4. The van der Waals surface area contributed by atoms with Crippen molar-refractivity contribution in [3.63, 3.8) is 0 Å². The normalized spacial score (nSPS) is 15.0. The fraction of sp³-hybridized carbons (Fsp3) is 0.394. The van der Waals surface area contributed by atoms with Gasteiger partial charge in [-0.3, -0.25) is 14.9 Å². The number of nitrogens with one attached hydrogen (secondary N) is 3. The summed E-state index contributed by atoms with van der Waals surface area (Å²) in [6, 6.07) is 19.6. The lowest BCUT2D eigenvalue weighted by molar-refractivity contribution is -0.384. The molecule has 1 saturated heterocycles. The standard InChI is InChI=1S/C33H41N5O7S2/c1-33(2)17-20-37(21-18-33)26-13-11-24(12-14-26)31(39)36-47(44,45)28-15-16-29(30(22-28)38(42)43)35-25(8-6-7-19-34-32(40)41)23-46-27-9-4-3-5-10-27/h3-5,9-16,22,25,34-35H,6-8,17-21,23H2,1-2H3,(H,36,39)(H,40,41)/t25-/m1/s1. The minimum atomic E-state index is -4.43. The fourth-order valence-electron chi connectivity index (χ4n) is 5.23. The van der Waals surface area contributed by atoms with Crippen LogP contribution in [0.5, 0.6) is 0 Å². The highest BCUT2D eigenvalue weighted by Gasteiger charge is 2.27. The molecule has 252 valence electrons. The summed E-state index contributed by atoms with van der Waals surface area (Å²) >= 11 is 1.56. The van der Waals surface area contributed by atoms with Gasteiger partial charge in [-0.2, -0.15) is 0 Å². The lowest BCUT2D eigenvalue weighted by atomic mass is 9.82. The number of rotatable bonds is 15. The van der Waals surface area contributed by atoms with E-state index in [0.29, 0.717) is 30.4 Å². The van der Waals surface area contributed by atoms with E-state index in [1.807, 2.05) is 35.1 Å². The van der Waals surface area contributed by atoms with E-state index in [4.69, 9.17) is 5.11 Å². The molecule has 0 radical (unpaired) electrons. The van der Waals surface area contributed by atoms with Crippen molar-refractivity contribution in [2.24, 2.45) is 5.41 Å². The summed E-state index contributed by atoms with van der Waals surface area (Å²) in [5.41, 5.74) is 1.09. The number of carbonyl (C=O) groups excluding carboxylic acids is 1. The van der Waals surface area contributed by atoms with Crippen molar-refractivity contribution in [1.82, 2.24) is 10.0 Å². The second-order valence-electron chi connectivity index (χ2n) is 12.3. The Balaban J connectivity index is 1.44. The minimum Gasteiger partial charge on any atom is -0.465 e. The third kappa shape index (κ3) is 10.6. The fourth-order valence-corrected chi connectivity index (χ4v) is 7.21. The Morgan fingerprint density at radius 3 is 2.34 bits per heavy atom. The topological polar surface area (TPSA) is 171 Å². The van der Waals surface area contributed by atoms with Crippen LogP contribution in [0.3, 0.4) is 0 Å². The average molecular weight is 684 g/mol. The van der Waals surface area contributed by atoms with Gasteiger partial charge in [0.1, 0.15) is 5.69 Å². The first kappa shape index (κ1) is 35.6. The summed E-state index contributed by atoms with van der Waals surface area (Å²) in [6.07, 6.45) is 2.82. The lowest BCUT2D eigenvalue weighted by Crippen LogP contribution is -2.37. The highest BCUT2D eigenvalue weighted by atomic mass is 32.2. The molecule has 1 aliphatic rings. The Labute approximate surface area is 279 Å². The molecule has 0 bridgehead atoms. The molecule has 1 fully saturated rings. The van der Waals surface area contributed by atoms with Crippen LogP contribution in [0, 0.1) is 15.5 Å². The van der Waals surface area contributed by atoms with Gasteiger partial charge in [-0.05, 0) is 86.1 Å². The molecule has 3 aromatic rings. The Kier molecular flexibility index (Phi) is 12.1. The van der Waals surface area contributed by atoms with Gasteiger partial charge < -0.3 is 20.6 Å². The van der Waals surface area contributed by atoms with Gasteiger partial charge in [0.05, 0.1) is 9.82 Å². The van der Waals surface area contributed by atoms with Crippen LogP contribution in [0.4, 0.5) is 21.9 Å². The molecule has 4 N–H and O–H groups in total. The summed E-state index contributed by atoms with van der Waals surface area (Å²) in [4.78, 5) is 37.9. The molecule has 1 atom stereocenters.